The molecule has 1 unspecified atom stereocenters. The zero-order valence-electron chi connectivity index (χ0n) is 11.0. The Morgan fingerprint density at radius 2 is 2.16 bits per heavy atom. The van der Waals surface area contributed by atoms with E-state index in [1.54, 1.807) is 11.8 Å². The third-order valence-corrected chi connectivity index (χ3v) is 5.02. The summed E-state index contributed by atoms with van der Waals surface area (Å²) in [5.74, 6) is 0.476. The van der Waals surface area contributed by atoms with Crippen LogP contribution in [0.5, 0.6) is 0 Å². The predicted molar refractivity (Wildman–Crippen MR) is 77.0 cm³/mol. The molecule has 0 saturated heterocycles. The minimum Gasteiger partial charge on any atom is -0.326 e. The van der Waals surface area contributed by atoms with Gasteiger partial charge in [0.2, 0.25) is 10.0 Å². The smallest absolute Gasteiger partial charge is 0.241 e. The molecular formula is C12H19FN2O2S2. The van der Waals surface area contributed by atoms with Gasteiger partial charge in [-0.3, -0.25) is 0 Å². The predicted octanol–water partition coefficient (Wildman–Crippen LogP) is 1.56. The van der Waals surface area contributed by atoms with Gasteiger partial charge in [-0.15, -0.1) is 0 Å². The van der Waals surface area contributed by atoms with Gasteiger partial charge in [-0.05, 0) is 35.6 Å². The first-order valence-electron chi connectivity index (χ1n) is 5.87. The molecule has 1 atom stereocenters. The maximum Gasteiger partial charge on any atom is 0.241 e. The highest BCUT2D eigenvalue weighted by molar-refractivity contribution is 7.98. The lowest BCUT2D eigenvalue weighted by atomic mass is 10.2. The van der Waals surface area contributed by atoms with Crippen LogP contribution < -0.4 is 10.5 Å². The molecule has 7 heteroatoms. The van der Waals surface area contributed by atoms with E-state index in [1.165, 1.54) is 12.1 Å². The molecule has 0 spiro atoms. The quantitative estimate of drug-likeness (QED) is 0.802. The van der Waals surface area contributed by atoms with Crippen molar-refractivity contribution in [1.82, 2.24) is 4.72 Å². The molecule has 0 amide bonds. The monoisotopic (exact) mass is 306 g/mol. The van der Waals surface area contributed by atoms with Gasteiger partial charge in [0.05, 0.1) is 4.90 Å². The summed E-state index contributed by atoms with van der Waals surface area (Å²) in [6.07, 6.45) is 1.96. The first-order chi connectivity index (χ1) is 8.90. The van der Waals surface area contributed by atoms with Crippen LogP contribution in [0.15, 0.2) is 23.1 Å². The molecule has 108 valence electrons. The van der Waals surface area contributed by atoms with Crippen molar-refractivity contribution in [3.8, 4) is 0 Å². The number of benzene rings is 1. The Labute approximate surface area is 118 Å². The molecule has 1 aromatic rings. The number of hydrogen-bond donors (Lipinski definition) is 2. The number of sulfonamides is 1. The van der Waals surface area contributed by atoms with Crippen LogP contribution in [0.2, 0.25) is 0 Å². The van der Waals surface area contributed by atoms with E-state index in [-0.39, 0.29) is 17.4 Å². The molecule has 3 N–H and O–H groups in total. The Morgan fingerprint density at radius 1 is 1.47 bits per heavy atom. The van der Waals surface area contributed by atoms with Crippen LogP contribution in [0.3, 0.4) is 0 Å². The molecule has 0 aromatic heterocycles. The van der Waals surface area contributed by atoms with Gasteiger partial charge in [-0.1, -0.05) is 13.0 Å². The third-order valence-electron chi connectivity index (χ3n) is 2.61. The largest absolute Gasteiger partial charge is 0.326 e. The SMILES string of the molecule is CSCC(C)CNS(=O)(=O)c1cc(F)ccc1CN. The molecule has 19 heavy (non-hydrogen) atoms. The Balaban J connectivity index is 2.91. The topological polar surface area (TPSA) is 72.2 Å². The van der Waals surface area contributed by atoms with Gasteiger partial charge in [0, 0.05) is 13.1 Å². The number of rotatable bonds is 7. The zero-order chi connectivity index (χ0) is 14.5. The van der Waals surface area contributed by atoms with Crippen molar-refractivity contribution in [3.63, 3.8) is 0 Å². The Kier molecular flexibility index (Phi) is 6.25. The van der Waals surface area contributed by atoms with Crippen molar-refractivity contribution in [2.45, 2.75) is 18.4 Å². The summed E-state index contributed by atoms with van der Waals surface area (Å²) < 4.78 is 40.0. The van der Waals surface area contributed by atoms with E-state index >= 15 is 0 Å². The second kappa shape index (κ2) is 7.23. The van der Waals surface area contributed by atoms with E-state index in [4.69, 9.17) is 5.73 Å². The Morgan fingerprint density at radius 3 is 2.74 bits per heavy atom. The van der Waals surface area contributed by atoms with E-state index in [0.717, 1.165) is 11.8 Å². The van der Waals surface area contributed by atoms with Gasteiger partial charge in [0.15, 0.2) is 0 Å². The van der Waals surface area contributed by atoms with Crippen molar-refractivity contribution in [2.75, 3.05) is 18.6 Å². The molecule has 0 aliphatic heterocycles. The molecule has 1 aromatic carbocycles. The molecular weight excluding hydrogens is 287 g/mol. The molecule has 0 aliphatic carbocycles. The van der Waals surface area contributed by atoms with Crippen LogP contribution in [-0.2, 0) is 16.6 Å². The van der Waals surface area contributed by atoms with E-state index in [2.05, 4.69) is 4.72 Å². The molecule has 0 fully saturated rings. The fourth-order valence-electron chi connectivity index (χ4n) is 1.62. The van der Waals surface area contributed by atoms with Gasteiger partial charge >= 0.3 is 0 Å². The molecule has 0 saturated carbocycles. The number of hydrogen-bond acceptors (Lipinski definition) is 4. The highest BCUT2D eigenvalue weighted by Crippen LogP contribution is 2.17. The van der Waals surface area contributed by atoms with Crippen molar-refractivity contribution in [3.05, 3.63) is 29.6 Å². The standard InChI is InChI=1S/C12H19FN2O2S2/c1-9(8-18-2)7-15-19(16,17)12-5-11(13)4-3-10(12)6-14/h3-5,9,15H,6-8,14H2,1-2H3. The fourth-order valence-corrected chi connectivity index (χ4v) is 3.73. The van der Waals surface area contributed by atoms with Gasteiger partial charge in [0.1, 0.15) is 5.82 Å². The number of nitrogens with two attached hydrogens (primary N) is 1. The van der Waals surface area contributed by atoms with Crippen LogP contribution in [0, 0.1) is 11.7 Å². The van der Waals surface area contributed by atoms with Crippen molar-refractivity contribution >= 4 is 21.8 Å². The minimum atomic E-state index is -3.72. The maximum absolute atomic E-state index is 13.2. The zero-order valence-corrected chi connectivity index (χ0v) is 12.7. The average molecular weight is 306 g/mol. The van der Waals surface area contributed by atoms with E-state index in [1.807, 2.05) is 13.2 Å². The van der Waals surface area contributed by atoms with Crippen LogP contribution in [0.1, 0.15) is 12.5 Å². The fraction of sp³-hybridized carbons (Fsp3) is 0.500. The van der Waals surface area contributed by atoms with Gasteiger partial charge in [-0.2, -0.15) is 11.8 Å². The maximum atomic E-state index is 13.2. The average Bonchev–Trinajstić information content (AvgIpc) is 2.37. The lowest BCUT2D eigenvalue weighted by Gasteiger charge is -2.13. The summed E-state index contributed by atoms with van der Waals surface area (Å²) in [7, 11) is -3.72. The van der Waals surface area contributed by atoms with Crippen LogP contribution >= 0.6 is 11.8 Å². The second-order valence-corrected chi connectivity index (χ2v) is 7.01. The van der Waals surface area contributed by atoms with E-state index < -0.39 is 15.8 Å². The summed E-state index contributed by atoms with van der Waals surface area (Å²) in [5, 5.41) is 0. The van der Waals surface area contributed by atoms with Crippen molar-refractivity contribution in [1.29, 1.82) is 0 Å². The summed E-state index contributed by atoms with van der Waals surface area (Å²) in [6.45, 7) is 2.33. The third kappa shape index (κ3) is 4.76. The normalized spacial score (nSPS) is 13.5. The lowest BCUT2D eigenvalue weighted by molar-refractivity contribution is 0.559. The minimum absolute atomic E-state index is 0.0525. The summed E-state index contributed by atoms with van der Waals surface area (Å²) in [6, 6.07) is 3.61. The Hall–Kier alpha value is -0.630. The first kappa shape index (κ1) is 16.4. The Bertz CT molecular complexity index is 520. The molecule has 0 heterocycles. The number of thioether (sulfide) groups is 1. The van der Waals surface area contributed by atoms with Gasteiger partial charge in [-0.25, -0.2) is 17.5 Å². The summed E-state index contributed by atoms with van der Waals surface area (Å²) in [5.41, 5.74) is 5.89. The summed E-state index contributed by atoms with van der Waals surface area (Å²) in [4.78, 5) is -0.0775. The van der Waals surface area contributed by atoms with Crippen LogP contribution in [0.4, 0.5) is 4.39 Å². The molecule has 0 bridgehead atoms. The van der Waals surface area contributed by atoms with Crippen molar-refractivity contribution < 1.29 is 12.8 Å². The lowest BCUT2D eigenvalue weighted by Crippen LogP contribution is -2.30. The summed E-state index contributed by atoms with van der Waals surface area (Å²) >= 11 is 1.65. The van der Waals surface area contributed by atoms with Crippen LogP contribution in [-0.4, -0.2) is 27.0 Å². The number of nitrogens with one attached hydrogen (secondary N) is 1. The highest BCUT2D eigenvalue weighted by atomic mass is 32.2. The van der Waals surface area contributed by atoms with Gasteiger partial charge < -0.3 is 5.73 Å². The first-order valence-corrected chi connectivity index (χ1v) is 8.75. The van der Waals surface area contributed by atoms with Gasteiger partial charge in [0.25, 0.3) is 0 Å². The molecule has 0 aliphatic rings. The molecule has 1 rings (SSSR count). The number of halogens is 1. The molecule has 4 nitrogen and oxygen atoms in total. The second-order valence-electron chi connectivity index (χ2n) is 4.37. The van der Waals surface area contributed by atoms with E-state index in [0.29, 0.717) is 12.1 Å². The molecule has 0 radical (unpaired) electrons. The van der Waals surface area contributed by atoms with Crippen molar-refractivity contribution in [2.24, 2.45) is 11.7 Å². The van der Waals surface area contributed by atoms with Crippen LogP contribution in [0.25, 0.3) is 0 Å². The highest BCUT2D eigenvalue weighted by Gasteiger charge is 2.19. The van der Waals surface area contributed by atoms with E-state index in [9.17, 15) is 12.8 Å².